The molecule has 1 aromatic rings. The van der Waals surface area contributed by atoms with Crippen LogP contribution in [0.5, 0.6) is 5.75 Å². The Kier molecular flexibility index (Phi) is 1.67. The summed E-state index contributed by atoms with van der Waals surface area (Å²) in [6.07, 6.45) is 0. The van der Waals surface area contributed by atoms with Crippen LogP contribution in [0.1, 0.15) is 5.56 Å². The molecule has 2 heteroatoms. The Balaban J connectivity index is 3.25. The van der Waals surface area contributed by atoms with Gasteiger partial charge < -0.3 is 5.11 Å². The standard InChI is InChI=1S/C7H8OS/c1-5-6(8)3-2-4-7(5)9/h2-4,8-9H,1H3. The van der Waals surface area contributed by atoms with Gasteiger partial charge in [0.05, 0.1) is 0 Å². The van der Waals surface area contributed by atoms with Crippen molar-refractivity contribution >= 4 is 12.6 Å². The van der Waals surface area contributed by atoms with E-state index in [2.05, 4.69) is 12.6 Å². The van der Waals surface area contributed by atoms with Crippen LogP contribution < -0.4 is 0 Å². The molecule has 0 aliphatic heterocycles. The first-order valence-corrected chi connectivity index (χ1v) is 3.14. The van der Waals surface area contributed by atoms with Crippen LogP contribution in [-0.2, 0) is 0 Å². The normalized spacial score (nSPS) is 9.56. The molecule has 1 aromatic carbocycles. The minimum atomic E-state index is 0.308. The molecule has 0 atom stereocenters. The number of aromatic hydroxyl groups is 1. The van der Waals surface area contributed by atoms with Crippen LogP contribution in [0.15, 0.2) is 23.1 Å². The third-order valence-electron chi connectivity index (χ3n) is 1.28. The van der Waals surface area contributed by atoms with Gasteiger partial charge in [-0.25, -0.2) is 0 Å². The number of rotatable bonds is 0. The highest BCUT2D eigenvalue weighted by molar-refractivity contribution is 7.80. The number of hydrogen-bond acceptors (Lipinski definition) is 2. The van der Waals surface area contributed by atoms with E-state index < -0.39 is 0 Å². The summed E-state index contributed by atoms with van der Waals surface area (Å²) in [4.78, 5) is 0.829. The summed E-state index contributed by atoms with van der Waals surface area (Å²) in [5, 5.41) is 9.05. The Labute approximate surface area is 59.7 Å². The molecular formula is C7H8OS. The van der Waals surface area contributed by atoms with E-state index >= 15 is 0 Å². The van der Waals surface area contributed by atoms with Gasteiger partial charge in [0, 0.05) is 10.5 Å². The van der Waals surface area contributed by atoms with E-state index in [4.69, 9.17) is 5.11 Å². The average molecular weight is 140 g/mol. The lowest BCUT2D eigenvalue weighted by Gasteiger charge is -1.98. The molecule has 0 spiro atoms. The van der Waals surface area contributed by atoms with Crippen LogP contribution in [0.4, 0.5) is 0 Å². The molecule has 0 amide bonds. The highest BCUT2D eigenvalue weighted by atomic mass is 32.1. The zero-order valence-corrected chi connectivity index (χ0v) is 6.02. The lowest BCUT2D eigenvalue weighted by atomic mass is 10.2. The molecule has 0 bridgehead atoms. The summed E-state index contributed by atoms with van der Waals surface area (Å²) in [7, 11) is 0. The first-order valence-electron chi connectivity index (χ1n) is 2.69. The zero-order valence-electron chi connectivity index (χ0n) is 5.13. The first kappa shape index (κ1) is 6.49. The minimum absolute atomic E-state index is 0.308. The van der Waals surface area contributed by atoms with Gasteiger partial charge in [0.15, 0.2) is 0 Å². The van der Waals surface area contributed by atoms with Crippen molar-refractivity contribution in [2.45, 2.75) is 11.8 Å². The van der Waals surface area contributed by atoms with Gasteiger partial charge in [0.2, 0.25) is 0 Å². The molecule has 0 saturated heterocycles. The molecule has 0 aliphatic rings. The van der Waals surface area contributed by atoms with Crippen molar-refractivity contribution < 1.29 is 5.11 Å². The summed E-state index contributed by atoms with van der Waals surface area (Å²) in [6, 6.07) is 5.26. The monoisotopic (exact) mass is 140 g/mol. The quantitative estimate of drug-likeness (QED) is 0.528. The van der Waals surface area contributed by atoms with Crippen molar-refractivity contribution in [1.29, 1.82) is 0 Å². The van der Waals surface area contributed by atoms with E-state index in [0.29, 0.717) is 5.75 Å². The predicted octanol–water partition coefficient (Wildman–Crippen LogP) is 1.99. The summed E-state index contributed by atoms with van der Waals surface area (Å²) in [6.45, 7) is 1.83. The first-order chi connectivity index (χ1) is 4.22. The summed E-state index contributed by atoms with van der Waals surface area (Å²) in [5.41, 5.74) is 0.834. The average Bonchev–Trinajstić information content (AvgIpc) is 1.83. The van der Waals surface area contributed by atoms with Gasteiger partial charge in [-0.1, -0.05) is 6.07 Å². The number of hydrogen-bond donors (Lipinski definition) is 2. The molecule has 0 fully saturated rings. The fourth-order valence-electron chi connectivity index (χ4n) is 0.612. The smallest absolute Gasteiger partial charge is 0.119 e. The SMILES string of the molecule is Cc1c(O)cccc1S. The largest absolute Gasteiger partial charge is 0.508 e. The van der Waals surface area contributed by atoms with E-state index in [0.717, 1.165) is 10.5 Å². The molecular weight excluding hydrogens is 132 g/mol. The molecule has 0 radical (unpaired) electrons. The Hall–Kier alpha value is -0.630. The fraction of sp³-hybridized carbons (Fsp3) is 0.143. The fourth-order valence-corrected chi connectivity index (χ4v) is 0.812. The Morgan fingerprint density at radius 1 is 1.44 bits per heavy atom. The van der Waals surface area contributed by atoms with Crippen LogP contribution in [0.3, 0.4) is 0 Å². The Bertz CT molecular complexity index is 200. The Morgan fingerprint density at radius 2 is 2.11 bits per heavy atom. The molecule has 0 unspecified atom stereocenters. The van der Waals surface area contributed by atoms with Gasteiger partial charge in [-0.05, 0) is 19.1 Å². The topological polar surface area (TPSA) is 20.2 Å². The molecule has 0 aromatic heterocycles. The van der Waals surface area contributed by atoms with Gasteiger partial charge in [-0.2, -0.15) is 0 Å². The van der Waals surface area contributed by atoms with E-state index in [1.807, 2.05) is 13.0 Å². The summed E-state index contributed by atoms with van der Waals surface area (Å²) in [5.74, 6) is 0.308. The second-order valence-corrected chi connectivity index (χ2v) is 2.40. The van der Waals surface area contributed by atoms with Crippen LogP contribution >= 0.6 is 12.6 Å². The van der Waals surface area contributed by atoms with Crippen LogP contribution in [0.2, 0.25) is 0 Å². The second kappa shape index (κ2) is 2.31. The molecule has 0 saturated carbocycles. The van der Waals surface area contributed by atoms with E-state index in [9.17, 15) is 0 Å². The maximum Gasteiger partial charge on any atom is 0.119 e. The van der Waals surface area contributed by atoms with E-state index in [1.54, 1.807) is 12.1 Å². The van der Waals surface area contributed by atoms with Crippen LogP contribution in [-0.4, -0.2) is 5.11 Å². The van der Waals surface area contributed by atoms with Gasteiger partial charge in [0.1, 0.15) is 5.75 Å². The number of thiol groups is 1. The zero-order chi connectivity index (χ0) is 6.85. The van der Waals surface area contributed by atoms with Gasteiger partial charge in [-0.15, -0.1) is 12.6 Å². The van der Waals surface area contributed by atoms with Gasteiger partial charge >= 0.3 is 0 Å². The van der Waals surface area contributed by atoms with Crippen molar-refractivity contribution in [3.05, 3.63) is 23.8 Å². The molecule has 1 nitrogen and oxygen atoms in total. The lowest BCUT2D eigenvalue weighted by molar-refractivity contribution is 0.469. The third-order valence-corrected chi connectivity index (χ3v) is 1.76. The number of benzene rings is 1. The highest BCUT2D eigenvalue weighted by Crippen LogP contribution is 2.21. The highest BCUT2D eigenvalue weighted by Gasteiger charge is 1.95. The molecule has 1 N–H and O–H groups in total. The molecule has 0 aliphatic carbocycles. The maximum absolute atomic E-state index is 9.05. The summed E-state index contributed by atoms with van der Waals surface area (Å²) >= 11 is 4.11. The van der Waals surface area contributed by atoms with Crippen molar-refractivity contribution in [3.63, 3.8) is 0 Å². The van der Waals surface area contributed by atoms with E-state index in [-0.39, 0.29) is 0 Å². The van der Waals surface area contributed by atoms with E-state index in [1.165, 1.54) is 0 Å². The summed E-state index contributed by atoms with van der Waals surface area (Å²) < 4.78 is 0. The van der Waals surface area contributed by atoms with Crippen molar-refractivity contribution in [1.82, 2.24) is 0 Å². The second-order valence-electron chi connectivity index (χ2n) is 1.92. The minimum Gasteiger partial charge on any atom is -0.508 e. The third kappa shape index (κ3) is 1.19. The predicted molar refractivity (Wildman–Crippen MR) is 40.1 cm³/mol. The van der Waals surface area contributed by atoms with Crippen LogP contribution in [0.25, 0.3) is 0 Å². The molecule has 9 heavy (non-hydrogen) atoms. The van der Waals surface area contributed by atoms with Crippen LogP contribution in [0, 0.1) is 6.92 Å². The van der Waals surface area contributed by atoms with Gasteiger partial charge in [0.25, 0.3) is 0 Å². The molecule has 48 valence electrons. The molecule has 1 rings (SSSR count). The lowest BCUT2D eigenvalue weighted by Crippen LogP contribution is -1.74. The maximum atomic E-state index is 9.05. The van der Waals surface area contributed by atoms with Crippen molar-refractivity contribution in [3.8, 4) is 5.75 Å². The van der Waals surface area contributed by atoms with Crippen molar-refractivity contribution in [2.24, 2.45) is 0 Å². The number of phenols is 1. The number of phenolic OH excluding ortho intramolecular Hbond substituents is 1. The van der Waals surface area contributed by atoms with Crippen molar-refractivity contribution in [2.75, 3.05) is 0 Å². The Morgan fingerprint density at radius 3 is 2.56 bits per heavy atom. The molecule has 0 heterocycles. The van der Waals surface area contributed by atoms with Gasteiger partial charge in [-0.3, -0.25) is 0 Å².